The van der Waals surface area contributed by atoms with Gasteiger partial charge < -0.3 is 14.6 Å². The second kappa shape index (κ2) is 11.4. The molecule has 2 heterocycles. The van der Waals surface area contributed by atoms with Crippen LogP contribution < -0.4 is 10.1 Å². The molecule has 0 aliphatic carbocycles. The molecule has 1 aliphatic rings. The largest absolute Gasteiger partial charge is 0.497 e. The number of hydrogen-bond acceptors (Lipinski definition) is 4. The molecule has 0 saturated carbocycles. The number of benzene rings is 3. The molecule has 1 fully saturated rings. The van der Waals surface area contributed by atoms with E-state index in [1.807, 2.05) is 36.4 Å². The molecule has 6 nitrogen and oxygen atoms in total. The standard InChI is InChI=1S/C30H34N4O2/c1-36-26-15-13-24(14-16-26)20-34-28-12-6-5-11-27(28)32-29(34)22-33-19-7-10-25(21-33)30(35)31-18-17-23-8-3-2-4-9-23/h2-6,8-9,11-16,25H,7,10,17-22H2,1H3,(H,31,35)/t25-/m0/s1. The molecular weight excluding hydrogens is 448 g/mol. The number of hydrogen-bond donors (Lipinski definition) is 1. The third-order valence-corrected chi connectivity index (χ3v) is 7.03. The van der Waals surface area contributed by atoms with E-state index in [-0.39, 0.29) is 11.8 Å². The average molecular weight is 483 g/mol. The van der Waals surface area contributed by atoms with Crippen molar-refractivity contribution in [3.63, 3.8) is 0 Å². The van der Waals surface area contributed by atoms with Crippen molar-refractivity contribution >= 4 is 16.9 Å². The Morgan fingerprint density at radius 1 is 0.972 bits per heavy atom. The minimum Gasteiger partial charge on any atom is -0.497 e. The molecular formula is C30H34N4O2. The number of carbonyl (C=O) groups is 1. The van der Waals surface area contributed by atoms with Crippen LogP contribution in [0.4, 0.5) is 0 Å². The van der Waals surface area contributed by atoms with E-state index in [0.29, 0.717) is 6.54 Å². The lowest BCUT2D eigenvalue weighted by atomic mass is 9.97. The van der Waals surface area contributed by atoms with Gasteiger partial charge in [-0.05, 0) is 61.2 Å². The van der Waals surface area contributed by atoms with Crippen molar-refractivity contribution in [2.45, 2.75) is 32.4 Å². The third kappa shape index (κ3) is 5.77. The van der Waals surface area contributed by atoms with Crippen LogP contribution in [-0.4, -0.2) is 47.1 Å². The van der Waals surface area contributed by atoms with Crippen LogP contribution in [0.15, 0.2) is 78.9 Å². The second-order valence-electron chi connectivity index (χ2n) is 9.55. The Labute approximate surface area is 212 Å². The fourth-order valence-electron chi connectivity index (χ4n) is 5.07. The molecule has 4 aromatic rings. The molecule has 0 radical (unpaired) electrons. The van der Waals surface area contributed by atoms with E-state index >= 15 is 0 Å². The number of aromatic nitrogens is 2. The summed E-state index contributed by atoms with van der Waals surface area (Å²) >= 11 is 0. The topological polar surface area (TPSA) is 59.4 Å². The highest BCUT2D eigenvalue weighted by Crippen LogP contribution is 2.23. The van der Waals surface area contributed by atoms with E-state index in [9.17, 15) is 4.79 Å². The van der Waals surface area contributed by atoms with E-state index in [4.69, 9.17) is 9.72 Å². The molecule has 3 aromatic carbocycles. The predicted molar refractivity (Wildman–Crippen MR) is 143 cm³/mol. The molecule has 186 valence electrons. The summed E-state index contributed by atoms with van der Waals surface area (Å²) in [6, 6.07) is 26.8. The maximum Gasteiger partial charge on any atom is 0.224 e. The zero-order valence-corrected chi connectivity index (χ0v) is 20.9. The van der Waals surface area contributed by atoms with Crippen molar-refractivity contribution in [1.29, 1.82) is 0 Å². The number of fused-ring (bicyclic) bond motifs is 1. The van der Waals surface area contributed by atoms with Crippen LogP contribution >= 0.6 is 0 Å². The summed E-state index contributed by atoms with van der Waals surface area (Å²) in [5, 5.41) is 3.16. The van der Waals surface area contributed by atoms with Gasteiger partial charge in [-0.1, -0.05) is 54.6 Å². The van der Waals surface area contributed by atoms with Gasteiger partial charge in [-0.25, -0.2) is 4.98 Å². The maximum absolute atomic E-state index is 12.9. The first-order chi connectivity index (χ1) is 17.7. The molecule has 1 aliphatic heterocycles. The van der Waals surface area contributed by atoms with E-state index in [2.05, 4.69) is 57.2 Å². The quantitative estimate of drug-likeness (QED) is 0.377. The van der Waals surface area contributed by atoms with Gasteiger partial charge in [0.25, 0.3) is 0 Å². The molecule has 1 amide bonds. The smallest absolute Gasteiger partial charge is 0.224 e. The monoisotopic (exact) mass is 482 g/mol. The number of carbonyl (C=O) groups excluding carboxylic acids is 1. The van der Waals surface area contributed by atoms with Crippen molar-refractivity contribution in [2.75, 3.05) is 26.7 Å². The third-order valence-electron chi connectivity index (χ3n) is 7.03. The molecule has 6 heteroatoms. The minimum absolute atomic E-state index is 0.0222. The van der Waals surface area contributed by atoms with Crippen LogP contribution in [0.1, 0.15) is 29.8 Å². The number of piperidine rings is 1. The van der Waals surface area contributed by atoms with Crippen molar-refractivity contribution < 1.29 is 9.53 Å². The van der Waals surface area contributed by atoms with E-state index in [1.54, 1.807) is 7.11 Å². The van der Waals surface area contributed by atoms with Crippen LogP contribution in [0, 0.1) is 5.92 Å². The van der Waals surface area contributed by atoms with Gasteiger partial charge in [0.1, 0.15) is 11.6 Å². The molecule has 5 rings (SSSR count). The highest BCUT2D eigenvalue weighted by molar-refractivity contribution is 5.79. The minimum atomic E-state index is 0.0222. The number of ether oxygens (including phenoxy) is 1. The Balaban J connectivity index is 1.25. The molecule has 0 unspecified atom stereocenters. The second-order valence-corrected chi connectivity index (χ2v) is 9.55. The van der Waals surface area contributed by atoms with E-state index in [0.717, 1.165) is 68.0 Å². The molecule has 1 N–H and O–H groups in total. The van der Waals surface area contributed by atoms with E-state index < -0.39 is 0 Å². The highest BCUT2D eigenvalue weighted by atomic mass is 16.5. The van der Waals surface area contributed by atoms with Crippen LogP contribution in [0.5, 0.6) is 5.75 Å². The van der Waals surface area contributed by atoms with E-state index in [1.165, 1.54) is 11.1 Å². The Morgan fingerprint density at radius 3 is 2.56 bits per heavy atom. The lowest BCUT2D eigenvalue weighted by Crippen LogP contribution is -2.43. The lowest BCUT2D eigenvalue weighted by molar-refractivity contribution is -0.126. The highest BCUT2D eigenvalue weighted by Gasteiger charge is 2.26. The van der Waals surface area contributed by atoms with Gasteiger partial charge in [-0.2, -0.15) is 0 Å². The Kier molecular flexibility index (Phi) is 7.62. The molecule has 1 atom stereocenters. The predicted octanol–water partition coefficient (Wildman–Crippen LogP) is 4.66. The summed E-state index contributed by atoms with van der Waals surface area (Å²) in [7, 11) is 1.69. The summed E-state index contributed by atoms with van der Waals surface area (Å²) in [5.41, 5.74) is 4.59. The normalized spacial score (nSPS) is 16.2. The fourth-order valence-corrected chi connectivity index (χ4v) is 5.07. The summed E-state index contributed by atoms with van der Waals surface area (Å²) in [4.78, 5) is 20.3. The Morgan fingerprint density at radius 2 is 1.75 bits per heavy atom. The first kappa shape index (κ1) is 24.1. The number of rotatable bonds is 9. The first-order valence-corrected chi connectivity index (χ1v) is 12.8. The maximum atomic E-state index is 12.9. The summed E-state index contributed by atoms with van der Waals surface area (Å²) in [6.07, 6.45) is 2.82. The Bertz CT molecular complexity index is 1280. The van der Waals surface area contributed by atoms with Gasteiger partial charge in [0.15, 0.2) is 0 Å². The summed E-state index contributed by atoms with van der Waals surface area (Å²) in [6.45, 7) is 3.91. The number of para-hydroxylation sites is 2. The van der Waals surface area contributed by atoms with Crippen LogP contribution in [0.25, 0.3) is 11.0 Å². The van der Waals surface area contributed by atoms with Crippen molar-refractivity contribution in [3.05, 3.63) is 95.8 Å². The molecule has 0 spiro atoms. The number of nitrogens with zero attached hydrogens (tertiary/aromatic N) is 3. The van der Waals surface area contributed by atoms with Gasteiger partial charge in [0.05, 0.1) is 30.6 Å². The molecule has 1 saturated heterocycles. The van der Waals surface area contributed by atoms with Crippen LogP contribution in [0.2, 0.25) is 0 Å². The molecule has 0 bridgehead atoms. The number of likely N-dealkylation sites (tertiary alicyclic amines) is 1. The average Bonchev–Trinajstić information content (AvgIpc) is 3.26. The van der Waals surface area contributed by atoms with Gasteiger partial charge in [0.2, 0.25) is 5.91 Å². The van der Waals surface area contributed by atoms with Gasteiger partial charge in [-0.15, -0.1) is 0 Å². The zero-order chi connectivity index (χ0) is 24.7. The van der Waals surface area contributed by atoms with Crippen molar-refractivity contribution in [3.8, 4) is 5.75 Å². The van der Waals surface area contributed by atoms with Gasteiger partial charge >= 0.3 is 0 Å². The first-order valence-electron chi connectivity index (χ1n) is 12.8. The fraction of sp³-hybridized carbons (Fsp3) is 0.333. The van der Waals surface area contributed by atoms with Gasteiger partial charge in [-0.3, -0.25) is 9.69 Å². The zero-order valence-electron chi connectivity index (χ0n) is 20.9. The van der Waals surface area contributed by atoms with Gasteiger partial charge in [0, 0.05) is 19.6 Å². The van der Waals surface area contributed by atoms with Crippen molar-refractivity contribution in [2.24, 2.45) is 5.92 Å². The number of nitrogens with one attached hydrogen (secondary N) is 1. The van der Waals surface area contributed by atoms with Crippen LogP contribution in [0.3, 0.4) is 0 Å². The Hall–Kier alpha value is -3.64. The molecule has 1 aromatic heterocycles. The lowest BCUT2D eigenvalue weighted by Gasteiger charge is -2.31. The molecule has 36 heavy (non-hydrogen) atoms. The summed E-state index contributed by atoms with van der Waals surface area (Å²) < 4.78 is 7.62. The van der Waals surface area contributed by atoms with Crippen molar-refractivity contribution in [1.82, 2.24) is 19.8 Å². The number of methoxy groups -OCH3 is 1. The SMILES string of the molecule is COc1ccc(Cn2c(CN3CCC[C@H](C(=O)NCCc4ccccc4)C3)nc3ccccc32)cc1. The number of amides is 1. The van der Waals surface area contributed by atoms with Crippen LogP contribution in [-0.2, 0) is 24.3 Å². The number of imidazole rings is 1. The summed E-state index contributed by atoms with van der Waals surface area (Å²) in [5.74, 6) is 2.09.